The highest BCUT2D eigenvalue weighted by Crippen LogP contribution is 2.31. The molecule has 0 bridgehead atoms. The molecule has 0 saturated carbocycles. The Labute approximate surface area is 237 Å². The zero-order valence-electron chi connectivity index (χ0n) is 22.8. The monoisotopic (exact) mass is 566 g/mol. The lowest BCUT2D eigenvalue weighted by molar-refractivity contribution is -0.139. The fourth-order valence-electron chi connectivity index (χ4n) is 4.96. The molecule has 2 heterocycles. The number of fused-ring (bicyclic) bond motifs is 1. The van der Waals surface area contributed by atoms with Gasteiger partial charge in [0.15, 0.2) is 0 Å². The van der Waals surface area contributed by atoms with Gasteiger partial charge in [-0.3, -0.25) is 19.2 Å². The van der Waals surface area contributed by atoms with E-state index in [0.717, 1.165) is 16.7 Å². The van der Waals surface area contributed by atoms with Gasteiger partial charge in [0.05, 0.1) is 5.56 Å². The molecule has 0 radical (unpaired) electrons. The van der Waals surface area contributed by atoms with Crippen molar-refractivity contribution in [2.45, 2.75) is 43.6 Å². The number of nitrogens with zero attached hydrogens (tertiary/aromatic N) is 2. The molecule has 1 fully saturated rings. The molecule has 0 unspecified atom stereocenters. The van der Waals surface area contributed by atoms with Crippen molar-refractivity contribution in [1.82, 2.24) is 20.4 Å². The predicted molar refractivity (Wildman–Crippen MR) is 151 cm³/mol. The van der Waals surface area contributed by atoms with E-state index >= 15 is 0 Å². The van der Waals surface area contributed by atoms with Gasteiger partial charge in [-0.05, 0) is 35.6 Å². The van der Waals surface area contributed by atoms with Crippen LogP contribution in [-0.4, -0.2) is 90.5 Å². The number of benzene rings is 2. The number of hydrogen-bond donors (Lipinski definition) is 2. The van der Waals surface area contributed by atoms with Gasteiger partial charge in [0.1, 0.15) is 24.7 Å². The van der Waals surface area contributed by atoms with E-state index in [1.54, 1.807) is 26.2 Å². The lowest BCUT2D eigenvalue weighted by atomic mass is 9.96. The lowest BCUT2D eigenvalue weighted by Gasteiger charge is -2.28. The third kappa shape index (κ3) is 6.64. The van der Waals surface area contributed by atoms with Crippen LogP contribution in [0.4, 0.5) is 0 Å². The van der Waals surface area contributed by atoms with Gasteiger partial charge in [0, 0.05) is 39.1 Å². The van der Waals surface area contributed by atoms with E-state index in [1.165, 1.54) is 28.5 Å². The van der Waals surface area contributed by atoms with Crippen LogP contribution in [0.3, 0.4) is 0 Å². The molecule has 212 valence electrons. The second-order valence-electron chi connectivity index (χ2n) is 10.0. The number of amides is 4. The second kappa shape index (κ2) is 13.0. The number of esters is 1. The van der Waals surface area contributed by atoms with E-state index in [2.05, 4.69) is 10.6 Å². The first-order valence-corrected chi connectivity index (χ1v) is 14.3. The van der Waals surface area contributed by atoms with Gasteiger partial charge < -0.3 is 25.2 Å². The fraction of sp³-hybridized carbons (Fsp3) is 0.414. The van der Waals surface area contributed by atoms with Gasteiger partial charge in [-0.25, -0.2) is 4.79 Å². The van der Waals surface area contributed by atoms with Crippen LogP contribution in [0.25, 0.3) is 11.1 Å². The van der Waals surface area contributed by atoms with Crippen molar-refractivity contribution >= 4 is 41.4 Å². The Balaban J connectivity index is 1.66. The van der Waals surface area contributed by atoms with Gasteiger partial charge in [0.2, 0.25) is 23.6 Å². The predicted octanol–water partition coefficient (Wildman–Crippen LogP) is 1.83. The molecule has 2 aromatic rings. The fourth-order valence-corrected chi connectivity index (χ4v) is 6.06. The van der Waals surface area contributed by atoms with Crippen molar-refractivity contribution in [1.29, 1.82) is 0 Å². The summed E-state index contributed by atoms with van der Waals surface area (Å²) in [7, 11) is 3.21. The van der Waals surface area contributed by atoms with E-state index in [-0.39, 0.29) is 17.6 Å². The minimum Gasteiger partial charge on any atom is -0.459 e. The van der Waals surface area contributed by atoms with Crippen LogP contribution < -0.4 is 10.6 Å². The Hall–Kier alpha value is -3.86. The SMILES string of the molecule is CC(=O)N1CCC[C@H]1C(=O)N[C@@H]1COC(=O)c2cccc(-c3ccccc3)c2CSC[C@H](C(=O)N(C)C)NC1=O. The average molecular weight is 567 g/mol. The van der Waals surface area contributed by atoms with Crippen LogP contribution in [0.15, 0.2) is 48.5 Å². The smallest absolute Gasteiger partial charge is 0.338 e. The van der Waals surface area contributed by atoms with Crippen molar-refractivity contribution in [3.63, 3.8) is 0 Å². The zero-order chi connectivity index (χ0) is 28.8. The first kappa shape index (κ1) is 29.1. The van der Waals surface area contributed by atoms with Crippen molar-refractivity contribution in [3.8, 4) is 11.1 Å². The highest BCUT2D eigenvalue weighted by molar-refractivity contribution is 7.98. The summed E-state index contributed by atoms with van der Waals surface area (Å²) in [5, 5.41) is 5.41. The molecule has 4 amide bonds. The number of cyclic esters (lactones) is 1. The summed E-state index contributed by atoms with van der Waals surface area (Å²) in [4.78, 5) is 67.7. The van der Waals surface area contributed by atoms with Crippen molar-refractivity contribution in [2.75, 3.05) is 33.0 Å². The van der Waals surface area contributed by atoms with Gasteiger partial charge >= 0.3 is 5.97 Å². The Bertz CT molecular complexity index is 1280. The summed E-state index contributed by atoms with van der Waals surface area (Å²) < 4.78 is 5.60. The molecule has 2 aromatic carbocycles. The maximum atomic E-state index is 13.3. The number of likely N-dealkylation sites (tertiary alicyclic amines) is 1. The maximum absolute atomic E-state index is 13.3. The van der Waals surface area contributed by atoms with Crippen LogP contribution in [0.5, 0.6) is 0 Å². The molecule has 1 saturated heterocycles. The number of ether oxygens (including phenoxy) is 1. The summed E-state index contributed by atoms with van der Waals surface area (Å²) in [5.41, 5.74) is 2.92. The molecular formula is C29H34N4O6S. The lowest BCUT2D eigenvalue weighted by Crippen LogP contribution is -2.58. The minimum atomic E-state index is -1.26. The van der Waals surface area contributed by atoms with Gasteiger partial charge in [-0.15, -0.1) is 0 Å². The molecule has 0 aliphatic carbocycles. The average Bonchev–Trinajstić information content (AvgIpc) is 3.44. The van der Waals surface area contributed by atoms with Crippen molar-refractivity contribution in [2.24, 2.45) is 0 Å². The van der Waals surface area contributed by atoms with Crippen LogP contribution in [-0.2, 0) is 29.7 Å². The molecule has 2 aliphatic heterocycles. The number of thioether (sulfide) groups is 1. The van der Waals surface area contributed by atoms with Gasteiger partial charge in [0.25, 0.3) is 0 Å². The number of carbonyl (C=O) groups excluding carboxylic acids is 5. The van der Waals surface area contributed by atoms with E-state index in [0.29, 0.717) is 30.7 Å². The van der Waals surface area contributed by atoms with Crippen LogP contribution >= 0.6 is 11.8 Å². The first-order chi connectivity index (χ1) is 19.2. The second-order valence-corrected chi connectivity index (χ2v) is 11.1. The third-order valence-corrected chi connectivity index (χ3v) is 8.10. The number of hydrogen-bond acceptors (Lipinski definition) is 7. The molecule has 2 aliphatic rings. The molecule has 10 nitrogen and oxygen atoms in total. The number of rotatable bonds is 4. The molecule has 0 aromatic heterocycles. The van der Waals surface area contributed by atoms with E-state index in [9.17, 15) is 24.0 Å². The summed E-state index contributed by atoms with van der Waals surface area (Å²) in [6.45, 7) is 1.41. The summed E-state index contributed by atoms with van der Waals surface area (Å²) in [6, 6.07) is 12.2. The van der Waals surface area contributed by atoms with Crippen molar-refractivity contribution in [3.05, 3.63) is 59.7 Å². The van der Waals surface area contributed by atoms with Crippen LogP contribution in [0.2, 0.25) is 0 Å². The molecule has 11 heteroatoms. The van der Waals surface area contributed by atoms with E-state index < -0.39 is 42.5 Å². The minimum absolute atomic E-state index is 0.230. The third-order valence-electron chi connectivity index (χ3n) is 7.04. The standard InChI is InChI=1S/C29H34N4O6S/c1-18(34)33-14-8-13-25(33)27(36)30-23-15-39-29(38)21-12-7-11-20(19-9-5-4-6-10-19)22(21)16-40-17-24(31-26(23)35)28(37)32(2)3/h4-7,9-12,23-25H,8,13-17H2,1-3H3,(H,30,36)(H,31,35)/t23-,24-,25+/m1/s1. The molecule has 40 heavy (non-hydrogen) atoms. The van der Waals surface area contributed by atoms with E-state index in [4.69, 9.17) is 4.74 Å². The molecule has 2 N–H and O–H groups in total. The highest BCUT2D eigenvalue weighted by atomic mass is 32.2. The number of carbonyl (C=O) groups is 5. The zero-order valence-corrected chi connectivity index (χ0v) is 23.7. The number of likely N-dealkylation sites (N-methyl/N-ethyl adjacent to an activating group) is 1. The van der Waals surface area contributed by atoms with Crippen LogP contribution in [0, 0.1) is 0 Å². The summed E-state index contributed by atoms with van der Waals surface area (Å²) in [6.07, 6.45) is 1.13. The Morgan fingerprint density at radius 1 is 1.05 bits per heavy atom. The Morgan fingerprint density at radius 2 is 1.77 bits per heavy atom. The van der Waals surface area contributed by atoms with Crippen LogP contribution in [0.1, 0.15) is 35.7 Å². The van der Waals surface area contributed by atoms with Crippen molar-refractivity contribution < 1.29 is 28.7 Å². The van der Waals surface area contributed by atoms with E-state index in [1.807, 2.05) is 36.4 Å². The van der Waals surface area contributed by atoms with Gasteiger partial charge in [-0.1, -0.05) is 42.5 Å². The molecule has 0 spiro atoms. The highest BCUT2D eigenvalue weighted by Gasteiger charge is 2.36. The van der Waals surface area contributed by atoms with Gasteiger partial charge in [-0.2, -0.15) is 11.8 Å². The summed E-state index contributed by atoms with van der Waals surface area (Å²) in [5.74, 6) is -1.64. The topological polar surface area (TPSA) is 125 Å². The Morgan fingerprint density at radius 3 is 2.48 bits per heavy atom. The first-order valence-electron chi connectivity index (χ1n) is 13.2. The maximum Gasteiger partial charge on any atom is 0.338 e. The summed E-state index contributed by atoms with van der Waals surface area (Å²) >= 11 is 1.41. The molecular weight excluding hydrogens is 532 g/mol. The number of nitrogens with one attached hydrogen (secondary N) is 2. The molecule has 4 rings (SSSR count). The normalized spacial score (nSPS) is 21.7. The quantitative estimate of drug-likeness (QED) is 0.541. The Kier molecular flexibility index (Phi) is 9.46. The largest absolute Gasteiger partial charge is 0.459 e. The molecule has 3 atom stereocenters.